The van der Waals surface area contributed by atoms with E-state index in [1.807, 2.05) is 13.8 Å². The molecular formula is C21H27NO3. The number of Topliss-reactive ketones (excluding diaryl/α,β-unsaturated/α-hetero) is 2. The highest BCUT2D eigenvalue weighted by Crippen LogP contribution is 2.63. The minimum absolute atomic E-state index is 0.121. The highest BCUT2D eigenvalue weighted by molar-refractivity contribution is 6.30. The number of allylic oxidation sites excluding steroid dienone is 3. The van der Waals surface area contributed by atoms with Gasteiger partial charge in [-0.3, -0.25) is 14.4 Å². The van der Waals surface area contributed by atoms with Crippen LogP contribution in [0.25, 0.3) is 0 Å². The summed E-state index contributed by atoms with van der Waals surface area (Å²) in [5.41, 5.74) is -0.465. The Morgan fingerprint density at radius 1 is 0.840 bits per heavy atom. The van der Waals surface area contributed by atoms with E-state index in [1.165, 1.54) is 0 Å². The first-order chi connectivity index (χ1) is 11.5. The quantitative estimate of drug-likeness (QED) is 0.550. The molecule has 3 heterocycles. The Labute approximate surface area is 149 Å². The van der Waals surface area contributed by atoms with E-state index in [2.05, 4.69) is 19.7 Å². The standard InChI is InChI=1S/C21H27NO3/c1-13(2)7-19-10-20(8-14(3)4)12-22(11-19)18(25)21(16(19)23,17(20)24)9-15(5)6/h1,3,5,7-12H2,2,4,6H3/t19-,20+,21?. The summed E-state index contributed by atoms with van der Waals surface area (Å²) < 4.78 is 0. The Kier molecular flexibility index (Phi) is 3.76. The highest BCUT2D eigenvalue weighted by Gasteiger charge is 2.76. The number of ketones is 2. The molecular weight excluding hydrogens is 314 g/mol. The number of carbonyl (C=O) groups excluding carboxylic acids is 3. The van der Waals surface area contributed by atoms with Crippen molar-refractivity contribution in [3.63, 3.8) is 0 Å². The molecule has 4 aliphatic rings. The van der Waals surface area contributed by atoms with Gasteiger partial charge in [-0.1, -0.05) is 16.7 Å². The molecule has 4 nitrogen and oxygen atoms in total. The van der Waals surface area contributed by atoms with Gasteiger partial charge in [0.1, 0.15) is 0 Å². The van der Waals surface area contributed by atoms with E-state index < -0.39 is 16.2 Å². The molecule has 0 radical (unpaired) electrons. The molecule has 3 aliphatic heterocycles. The topological polar surface area (TPSA) is 54.5 Å². The maximum Gasteiger partial charge on any atom is 0.244 e. The molecule has 3 atom stereocenters. The van der Waals surface area contributed by atoms with Gasteiger partial charge >= 0.3 is 0 Å². The van der Waals surface area contributed by atoms with Gasteiger partial charge in [-0.25, -0.2) is 0 Å². The summed E-state index contributed by atoms with van der Waals surface area (Å²) >= 11 is 0. The van der Waals surface area contributed by atoms with Crippen molar-refractivity contribution in [2.24, 2.45) is 16.2 Å². The van der Waals surface area contributed by atoms with Gasteiger partial charge < -0.3 is 4.90 Å². The predicted molar refractivity (Wildman–Crippen MR) is 96.8 cm³/mol. The largest absolute Gasteiger partial charge is 0.339 e. The first-order valence-corrected chi connectivity index (χ1v) is 8.81. The van der Waals surface area contributed by atoms with Crippen LogP contribution in [-0.4, -0.2) is 35.5 Å². The van der Waals surface area contributed by atoms with Crippen LogP contribution >= 0.6 is 0 Å². The van der Waals surface area contributed by atoms with E-state index in [9.17, 15) is 14.4 Å². The highest BCUT2D eigenvalue weighted by atomic mass is 16.2. The molecule has 0 spiro atoms. The van der Waals surface area contributed by atoms with Gasteiger partial charge in [-0.2, -0.15) is 0 Å². The number of nitrogens with zero attached hydrogens (tertiary/aromatic N) is 1. The molecule has 134 valence electrons. The van der Waals surface area contributed by atoms with Gasteiger partial charge in [0.2, 0.25) is 5.91 Å². The minimum Gasteiger partial charge on any atom is -0.339 e. The fourth-order valence-electron chi connectivity index (χ4n) is 5.71. The van der Waals surface area contributed by atoms with Gasteiger partial charge in [0.25, 0.3) is 0 Å². The van der Waals surface area contributed by atoms with Crippen LogP contribution in [0.5, 0.6) is 0 Å². The molecule has 0 aromatic rings. The molecule has 0 N–H and O–H groups in total. The van der Waals surface area contributed by atoms with Crippen molar-refractivity contribution >= 4 is 17.5 Å². The van der Waals surface area contributed by atoms with E-state index in [1.54, 1.807) is 11.8 Å². The van der Waals surface area contributed by atoms with E-state index in [0.29, 0.717) is 37.9 Å². The van der Waals surface area contributed by atoms with Crippen LogP contribution < -0.4 is 0 Å². The molecule has 1 aliphatic carbocycles. The fourth-order valence-corrected chi connectivity index (χ4v) is 5.71. The van der Waals surface area contributed by atoms with Crippen LogP contribution in [0, 0.1) is 16.2 Å². The fraction of sp³-hybridized carbons (Fsp3) is 0.571. The lowest BCUT2D eigenvalue weighted by atomic mass is 9.43. The molecule has 4 fully saturated rings. The van der Waals surface area contributed by atoms with E-state index in [0.717, 1.165) is 11.1 Å². The average molecular weight is 341 g/mol. The zero-order chi connectivity index (χ0) is 18.8. The zero-order valence-corrected chi connectivity index (χ0v) is 15.5. The lowest BCUT2D eigenvalue weighted by Gasteiger charge is -2.64. The Hall–Kier alpha value is -1.97. The second-order valence-electron chi connectivity index (χ2n) is 8.86. The molecule has 25 heavy (non-hydrogen) atoms. The Morgan fingerprint density at radius 2 is 1.24 bits per heavy atom. The number of rotatable bonds is 6. The zero-order valence-electron chi connectivity index (χ0n) is 15.5. The minimum atomic E-state index is -1.58. The first-order valence-electron chi connectivity index (χ1n) is 8.81. The van der Waals surface area contributed by atoms with Gasteiger partial charge in [0.15, 0.2) is 17.0 Å². The normalized spacial score (nSPS) is 36.1. The van der Waals surface area contributed by atoms with Crippen LogP contribution in [0.3, 0.4) is 0 Å². The third-order valence-corrected chi connectivity index (χ3v) is 5.90. The van der Waals surface area contributed by atoms with Gasteiger partial charge in [-0.15, -0.1) is 19.7 Å². The molecule has 1 unspecified atom stereocenters. The summed E-state index contributed by atoms with van der Waals surface area (Å²) in [6, 6.07) is 0. The third kappa shape index (κ3) is 2.22. The van der Waals surface area contributed by atoms with Crippen LogP contribution in [0.2, 0.25) is 0 Å². The monoisotopic (exact) mass is 341 g/mol. The Balaban J connectivity index is 2.23. The van der Waals surface area contributed by atoms with Crippen molar-refractivity contribution < 1.29 is 14.4 Å². The molecule has 4 bridgehead atoms. The second-order valence-corrected chi connectivity index (χ2v) is 8.86. The van der Waals surface area contributed by atoms with E-state index in [4.69, 9.17) is 0 Å². The van der Waals surface area contributed by atoms with Crippen molar-refractivity contribution in [1.82, 2.24) is 4.90 Å². The maximum atomic E-state index is 13.6. The Morgan fingerprint density at radius 3 is 1.60 bits per heavy atom. The molecule has 4 heteroatoms. The van der Waals surface area contributed by atoms with Crippen LogP contribution in [0.15, 0.2) is 36.5 Å². The van der Waals surface area contributed by atoms with Crippen LogP contribution in [-0.2, 0) is 14.4 Å². The van der Waals surface area contributed by atoms with Crippen LogP contribution in [0.4, 0.5) is 0 Å². The molecule has 1 saturated carbocycles. The first kappa shape index (κ1) is 17.8. The number of carbonyl (C=O) groups is 3. The molecule has 0 aromatic heterocycles. The van der Waals surface area contributed by atoms with Crippen molar-refractivity contribution in [3.8, 4) is 0 Å². The summed E-state index contributed by atoms with van der Waals surface area (Å²) in [4.78, 5) is 42.0. The molecule has 1 amide bonds. The van der Waals surface area contributed by atoms with Gasteiger partial charge in [0, 0.05) is 13.1 Å². The number of hydrogen-bond acceptors (Lipinski definition) is 3. The average Bonchev–Trinajstić information content (AvgIpc) is 2.46. The van der Waals surface area contributed by atoms with Crippen molar-refractivity contribution in [2.75, 3.05) is 13.1 Å². The smallest absolute Gasteiger partial charge is 0.244 e. The van der Waals surface area contributed by atoms with Crippen molar-refractivity contribution in [2.45, 2.75) is 46.5 Å². The maximum absolute atomic E-state index is 13.6. The third-order valence-electron chi connectivity index (χ3n) is 5.90. The summed E-state index contributed by atoms with van der Waals surface area (Å²) in [6.07, 6.45) is 1.67. The van der Waals surface area contributed by atoms with Crippen LogP contribution in [0.1, 0.15) is 46.5 Å². The molecule has 0 aromatic carbocycles. The number of amides is 1. The van der Waals surface area contributed by atoms with Gasteiger partial charge in [-0.05, 0) is 46.5 Å². The summed E-state index contributed by atoms with van der Waals surface area (Å²) in [6.45, 7) is 18.3. The van der Waals surface area contributed by atoms with Gasteiger partial charge in [0.05, 0.1) is 10.8 Å². The van der Waals surface area contributed by atoms with E-state index >= 15 is 0 Å². The SMILES string of the molecule is C=C(C)CC12C(=O)N3C[C@@](CC(=C)C)(C[C@@](CC(=C)C)(C3)C1=O)C2=O. The predicted octanol–water partition coefficient (Wildman–Crippen LogP) is 3.24. The summed E-state index contributed by atoms with van der Waals surface area (Å²) in [5.74, 6) is -0.719. The summed E-state index contributed by atoms with van der Waals surface area (Å²) in [5, 5.41) is 0. The van der Waals surface area contributed by atoms with Crippen molar-refractivity contribution in [1.29, 1.82) is 0 Å². The number of piperidine rings is 3. The molecule has 3 saturated heterocycles. The lowest BCUT2D eigenvalue weighted by molar-refractivity contribution is -0.196. The number of hydrogen-bond donors (Lipinski definition) is 0. The van der Waals surface area contributed by atoms with E-state index in [-0.39, 0.29) is 23.9 Å². The van der Waals surface area contributed by atoms with Crippen molar-refractivity contribution in [3.05, 3.63) is 36.5 Å². The molecule has 4 rings (SSSR count). The second kappa shape index (κ2) is 5.26. The Bertz CT molecular complexity index is 702. The lowest BCUT2D eigenvalue weighted by Crippen LogP contribution is -2.79. The summed E-state index contributed by atoms with van der Waals surface area (Å²) in [7, 11) is 0.